The van der Waals surface area contributed by atoms with Crippen molar-refractivity contribution < 1.29 is 4.39 Å². The van der Waals surface area contributed by atoms with E-state index in [1.807, 2.05) is 13.0 Å². The van der Waals surface area contributed by atoms with Crippen LogP contribution in [-0.2, 0) is 0 Å². The van der Waals surface area contributed by atoms with Crippen molar-refractivity contribution in [2.24, 2.45) is 0 Å². The van der Waals surface area contributed by atoms with Gasteiger partial charge in [-0.05, 0) is 25.5 Å². The van der Waals surface area contributed by atoms with Gasteiger partial charge < -0.3 is 0 Å². The summed E-state index contributed by atoms with van der Waals surface area (Å²) in [5, 5.41) is 3.97. The molecule has 0 atom stereocenters. The summed E-state index contributed by atoms with van der Waals surface area (Å²) in [6.45, 7) is 3.64. The quantitative estimate of drug-likeness (QED) is 0.690. The van der Waals surface area contributed by atoms with E-state index in [-0.39, 0.29) is 5.82 Å². The first kappa shape index (κ1) is 8.87. The van der Waals surface area contributed by atoms with Gasteiger partial charge in [-0.1, -0.05) is 12.1 Å². The minimum absolute atomic E-state index is 0.279. The van der Waals surface area contributed by atoms with E-state index in [0.717, 1.165) is 5.56 Å². The van der Waals surface area contributed by atoms with Gasteiger partial charge in [0.2, 0.25) is 0 Å². The van der Waals surface area contributed by atoms with E-state index >= 15 is 0 Å². The molecule has 0 unspecified atom stereocenters. The van der Waals surface area contributed by atoms with Gasteiger partial charge >= 0.3 is 0 Å². The van der Waals surface area contributed by atoms with Gasteiger partial charge in [0, 0.05) is 0 Å². The Morgan fingerprint density at radius 1 is 1.29 bits per heavy atom. The lowest BCUT2D eigenvalue weighted by molar-refractivity contribution is 0.606. The Morgan fingerprint density at radius 3 is 2.64 bits per heavy atom. The molecule has 0 N–H and O–H groups in total. The molecular formula is C10H10FN3. The van der Waals surface area contributed by atoms with Crippen LogP contribution in [-0.4, -0.2) is 14.8 Å². The number of aryl methyl sites for hydroxylation is 2. The molecule has 1 heterocycles. The SMILES string of the molecule is Cc1cccc(F)c1-n1ncnc1C. The molecule has 0 fully saturated rings. The number of aromatic nitrogens is 3. The molecule has 0 spiro atoms. The zero-order valence-corrected chi connectivity index (χ0v) is 8.03. The fourth-order valence-electron chi connectivity index (χ4n) is 1.41. The van der Waals surface area contributed by atoms with E-state index in [0.29, 0.717) is 11.5 Å². The summed E-state index contributed by atoms with van der Waals surface area (Å²) in [5.41, 5.74) is 1.32. The molecule has 4 heteroatoms. The van der Waals surface area contributed by atoms with E-state index in [2.05, 4.69) is 10.1 Å². The van der Waals surface area contributed by atoms with E-state index in [4.69, 9.17) is 0 Å². The Kier molecular flexibility index (Phi) is 2.04. The lowest BCUT2D eigenvalue weighted by atomic mass is 10.2. The Balaban J connectivity index is 2.68. The largest absolute Gasteiger partial charge is 0.220 e. The number of hydrogen-bond acceptors (Lipinski definition) is 2. The molecule has 1 aromatic carbocycles. The van der Waals surface area contributed by atoms with Gasteiger partial charge in [-0.3, -0.25) is 0 Å². The van der Waals surface area contributed by atoms with E-state index in [1.54, 1.807) is 13.0 Å². The van der Waals surface area contributed by atoms with Gasteiger partial charge in [0.1, 0.15) is 23.7 Å². The number of rotatable bonds is 1. The molecular weight excluding hydrogens is 181 g/mol. The molecule has 2 aromatic rings. The van der Waals surface area contributed by atoms with Crippen molar-refractivity contribution in [2.45, 2.75) is 13.8 Å². The van der Waals surface area contributed by atoms with Crippen LogP contribution in [0.25, 0.3) is 5.69 Å². The average Bonchev–Trinajstić information content (AvgIpc) is 2.52. The Morgan fingerprint density at radius 2 is 2.07 bits per heavy atom. The number of benzene rings is 1. The summed E-state index contributed by atoms with van der Waals surface area (Å²) in [6.07, 6.45) is 1.42. The van der Waals surface area contributed by atoms with Crippen molar-refractivity contribution >= 4 is 0 Å². The Hall–Kier alpha value is -1.71. The lowest BCUT2D eigenvalue weighted by Crippen LogP contribution is -2.04. The van der Waals surface area contributed by atoms with E-state index in [1.165, 1.54) is 17.1 Å². The van der Waals surface area contributed by atoms with Crippen LogP contribution in [0.2, 0.25) is 0 Å². The minimum Gasteiger partial charge on any atom is -0.220 e. The molecule has 2 rings (SSSR count). The predicted molar refractivity (Wildman–Crippen MR) is 50.8 cm³/mol. The number of halogens is 1. The fourth-order valence-corrected chi connectivity index (χ4v) is 1.41. The zero-order valence-electron chi connectivity index (χ0n) is 8.03. The van der Waals surface area contributed by atoms with Crippen molar-refractivity contribution in [3.05, 3.63) is 41.7 Å². The maximum atomic E-state index is 13.5. The second kappa shape index (κ2) is 3.21. The van der Waals surface area contributed by atoms with Gasteiger partial charge in [-0.25, -0.2) is 14.1 Å². The number of nitrogens with zero attached hydrogens (tertiary/aromatic N) is 3. The molecule has 3 nitrogen and oxygen atoms in total. The highest BCUT2D eigenvalue weighted by Crippen LogP contribution is 2.17. The standard InChI is InChI=1S/C10H10FN3/c1-7-4-3-5-9(11)10(7)14-8(2)12-6-13-14/h3-6H,1-2H3. The monoisotopic (exact) mass is 191 g/mol. The Bertz CT molecular complexity index is 442. The van der Waals surface area contributed by atoms with Crippen molar-refractivity contribution in [1.82, 2.24) is 14.8 Å². The van der Waals surface area contributed by atoms with Crippen LogP contribution in [0, 0.1) is 19.7 Å². The molecule has 14 heavy (non-hydrogen) atoms. The molecule has 0 aliphatic carbocycles. The average molecular weight is 191 g/mol. The third-order valence-corrected chi connectivity index (χ3v) is 2.12. The van der Waals surface area contributed by atoms with Crippen LogP contribution < -0.4 is 0 Å². The molecule has 0 amide bonds. The van der Waals surface area contributed by atoms with Crippen molar-refractivity contribution in [2.75, 3.05) is 0 Å². The highest BCUT2D eigenvalue weighted by Gasteiger charge is 2.10. The zero-order chi connectivity index (χ0) is 10.1. The smallest absolute Gasteiger partial charge is 0.149 e. The molecule has 0 aliphatic heterocycles. The normalized spacial score (nSPS) is 10.5. The topological polar surface area (TPSA) is 30.7 Å². The first-order chi connectivity index (χ1) is 6.70. The highest BCUT2D eigenvalue weighted by molar-refractivity contribution is 5.41. The van der Waals surface area contributed by atoms with E-state index < -0.39 is 0 Å². The van der Waals surface area contributed by atoms with E-state index in [9.17, 15) is 4.39 Å². The molecule has 0 saturated heterocycles. The summed E-state index contributed by atoms with van der Waals surface area (Å²) in [4.78, 5) is 3.96. The fraction of sp³-hybridized carbons (Fsp3) is 0.200. The van der Waals surface area contributed by atoms with Crippen LogP contribution >= 0.6 is 0 Å². The third-order valence-electron chi connectivity index (χ3n) is 2.12. The lowest BCUT2D eigenvalue weighted by Gasteiger charge is -2.07. The van der Waals surface area contributed by atoms with Crippen LogP contribution in [0.5, 0.6) is 0 Å². The summed E-state index contributed by atoms with van der Waals surface area (Å²) < 4.78 is 15.0. The van der Waals surface area contributed by atoms with Gasteiger partial charge in [-0.2, -0.15) is 5.10 Å². The summed E-state index contributed by atoms with van der Waals surface area (Å²) in [5.74, 6) is 0.400. The second-order valence-electron chi connectivity index (χ2n) is 3.12. The van der Waals surface area contributed by atoms with Crippen LogP contribution in [0.3, 0.4) is 0 Å². The molecule has 0 bridgehead atoms. The number of para-hydroxylation sites is 1. The van der Waals surface area contributed by atoms with Crippen LogP contribution in [0.4, 0.5) is 4.39 Å². The van der Waals surface area contributed by atoms with Gasteiger partial charge in [-0.15, -0.1) is 0 Å². The third kappa shape index (κ3) is 1.28. The minimum atomic E-state index is -0.279. The van der Waals surface area contributed by atoms with Gasteiger partial charge in [0.05, 0.1) is 0 Å². The predicted octanol–water partition coefficient (Wildman–Crippen LogP) is 2.02. The molecule has 0 saturated carbocycles. The first-order valence-electron chi connectivity index (χ1n) is 4.32. The summed E-state index contributed by atoms with van der Waals surface area (Å²) >= 11 is 0. The molecule has 0 radical (unpaired) electrons. The van der Waals surface area contributed by atoms with Crippen LogP contribution in [0.1, 0.15) is 11.4 Å². The molecule has 0 aliphatic rings. The first-order valence-corrected chi connectivity index (χ1v) is 4.32. The summed E-state index contributed by atoms with van der Waals surface area (Å²) in [6, 6.07) is 4.95. The van der Waals surface area contributed by atoms with Crippen LogP contribution in [0.15, 0.2) is 24.5 Å². The maximum absolute atomic E-state index is 13.5. The Labute approximate surface area is 81.2 Å². The van der Waals surface area contributed by atoms with Gasteiger partial charge in [0.15, 0.2) is 0 Å². The van der Waals surface area contributed by atoms with Crippen molar-refractivity contribution in [1.29, 1.82) is 0 Å². The molecule has 1 aromatic heterocycles. The maximum Gasteiger partial charge on any atom is 0.149 e. The number of hydrogen-bond donors (Lipinski definition) is 0. The summed E-state index contributed by atoms with van der Waals surface area (Å²) in [7, 11) is 0. The van der Waals surface area contributed by atoms with Crippen molar-refractivity contribution in [3.63, 3.8) is 0 Å². The second-order valence-corrected chi connectivity index (χ2v) is 3.12. The van der Waals surface area contributed by atoms with Crippen molar-refractivity contribution in [3.8, 4) is 5.69 Å². The highest BCUT2D eigenvalue weighted by atomic mass is 19.1. The van der Waals surface area contributed by atoms with Gasteiger partial charge in [0.25, 0.3) is 0 Å². The molecule has 72 valence electrons.